The normalized spacial score (nSPS) is 12.8. The first-order valence-corrected chi connectivity index (χ1v) is 5.63. The fraction of sp³-hybridized carbons (Fsp3) is 0.700. The molecule has 1 atom stereocenters. The molecule has 10 heteroatoms. The Balaban J connectivity index is 4.08. The van der Waals surface area contributed by atoms with Crippen LogP contribution in [0.15, 0.2) is 0 Å². The Morgan fingerprint density at radius 3 is 2.20 bits per heavy atom. The van der Waals surface area contributed by atoms with Crippen molar-refractivity contribution in [3.8, 4) is 0 Å². The molecular formula is C10H15F3N2O5. The average Bonchev–Trinajstić information content (AvgIpc) is 2.25. The second kappa shape index (κ2) is 8.35. The lowest BCUT2D eigenvalue weighted by Crippen LogP contribution is -2.45. The fourth-order valence-corrected chi connectivity index (χ4v) is 1.28. The average molecular weight is 300 g/mol. The van der Waals surface area contributed by atoms with Crippen molar-refractivity contribution in [2.24, 2.45) is 0 Å². The van der Waals surface area contributed by atoms with Crippen LogP contribution in [0.3, 0.4) is 0 Å². The van der Waals surface area contributed by atoms with E-state index in [1.54, 1.807) is 0 Å². The maximum atomic E-state index is 11.8. The summed E-state index contributed by atoms with van der Waals surface area (Å²) in [6.45, 7) is -2.04. The third-order valence-corrected chi connectivity index (χ3v) is 2.13. The van der Waals surface area contributed by atoms with Crippen LogP contribution in [0.2, 0.25) is 0 Å². The first kappa shape index (κ1) is 18.2. The molecule has 0 fully saturated rings. The van der Waals surface area contributed by atoms with Gasteiger partial charge < -0.3 is 20.8 Å². The van der Waals surface area contributed by atoms with Crippen LogP contribution in [0.5, 0.6) is 0 Å². The number of rotatable bonds is 9. The van der Waals surface area contributed by atoms with E-state index in [1.165, 1.54) is 0 Å². The molecule has 0 bridgehead atoms. The lowest BCUT2D eigenvalue weighted by Gasteiger charge is -2.14. The molecule has 0 aromatic carbocycles. The van der Waals surface area contributed by atoms with Crippen LogP contribution in [0, 0.1) is 0 Å². The van der Waals surface area contributed by atoms with E-state index in [4.69, 9.17) is 10.2 Å². The van der Waals surface area contributed by atoms with Gasteiger partial charge in [-0.25, -0.2) is 4.79 Å². The standard InChI is InChI=1S/C10H15F3N2O5/c11-10(12,13)5-14-4-7(16)15-6(9(19)20)2-1-3-8(17)18/h6,14H,1-5H2,(H,15,16)(H,17,18)(H,19,20)/t6-/m1/s1. The number of alkyl halides is 3. The number of nitrogens with one attached hydrogen (secondary N) is 2. The van der Waals surface area contributed by atoms with Gasteiger partial charge in [0.2, 0.25) is 5.91 Å². The number of carboxylic acid groups (broad SMARTS) is 2. The minimum atomic E-state index is -4.46. The van der Waals surface area contributed by atoms with Crippen molar-refractivity contribution in [3.63, 3.8) is 0 Å². The van der Waals surface area contributed by atoms with Gasteiger partial charge in [-0.05, 0) is 12.8 Å². The summed E-state index contributed by atoms with van der Waals surface area (Å²) >= 11 is 0. The van der Waals surface area contributed by atoms with E-state index >= 15 is 0 Å². The molecule has 0 saturated heterocycles. The highest BCUT2D eigenvalue weighted by Crippen LogP contribution is 2.11. The number of carbonyl (C=O) groups is 3. The summed E-state index contributed by atoms with van der Waals surface area (Å²) in [4.78, 5) is 32.3. The summed E-state index contributed by atoms with van der Waals surface area (Å²) in [6.07, 6.45) is -4.81. The van der Waals surface area contributed by atoms with E-state index < -0.39 is 43.2 Å². The van der Waals surface area contributed by atoms with Crippen LogP contribution in [0.25, 0.3) is 0 Å². The maximum absolute atomic E-state index is 11.8. The van der Waals surface area contributed by atoms with Crippen LogP contribution in [-0.4, -0.2) is 53.4 Å². The zero-order chi connectivity index (χ0) is 15.8. The molecule has 0 heterocycles. The number of carbonyl (C=O) groups excluding carboxylic acids is 1. The third kappa shape index (κ3) is 10.1. The molecule has 116 valence electrons. The Kier molecular flexibility index (Phi) is 7.59. The van der Waals surface area contributed by atoms with Gasteiger partial charge in [-0.1, -0.05) is 0 Å². The van der Waals surface area contributed by atoms with Gasteiger partial charge in [-0.2, -0.15) is 13.2 Å². The Labute approximate surface area is 112 Å². The Hall–Kier alpha value is -1.84. The van der Waals surface area contributed by atoms with E-state index in [0.29, 0.717) is 0 Å². The van der Waals surface area contributed by atoms with Crippen molar-refractivity contribution < 1.29 is 37.8 Å². The molecule has 0 aromatic heterocycles. The lowest BCUT2D eigenvalue weighted by atomic mass is 10.1. The Bertz CT molecular complexity index is 359. The molecule has 4 N–H and O–H groups in total. The number of hydrogen-bond acceptors (Lipinski definition) is 4. The summed E-state index contributed by atoms with van der Waals surface area (Å²) in [5.74, 6) is -3.39. The predicted molar refractivity (Wildman–Crippen MR) is 60.0 cm³/mol. The largest absolute Gasteiger partial charge is 0.481 e. The van der Waals surface area contributed by atoms with Crippen molar-refractivity contribution in [1.29, 1.82) is 0 Å². The molecule has 7 nitrogen and oxygen atoms in total. The minimum absolute atomic E-state index is 0.0303. The van der Waals surface area contributed by atoms with Gasteiger partial charge in [0, 0.05) is 6.42 Å². The number of amides is 1. The molecular weight excluding hydrogens is 285 g/mol. The molecule has 0 saturated carbocycles. The number of aliphatic carboxylic acids is 2. The quantitative estimate of drug-likeness (QED) is 0.475. The zero-order valence-corrected chi connectivity index (χ0v) is 10.4. The molecule has 0 aliphatic heterocycles. The number of hydrogen-bond donors (Lipinski definition) is 4. The van der Waals surface area contributed by atoms with Crippen molar-refractivity contribution in [2.75, 3.05) is 13.1 Å². The topological polar surface area (TPSA) is 116 Å². The summed E-state index contributed by atoms with van der Waals surface area (Å²) in [6, 6.07) is -1.32. The Morgan fingerprint density at radius 1 is 1.15 bits per heavy atom. The Morgan fingerprint density at radius 2 is 1.75 bits per heavy atom. The SMILES string of the molecule is O=C(O)CCC[C@@H](NC(=O)CNCC(F)(F)F)C(=O)O. The van der Waals surface area contributed by atoms with Gasteiger partial charge >= 0.3 is 18.1 Å². The zero-order valence-electron chi connectivity index (χ0n) is 10.4. The number of halogens is 3. The van der Waals surface area contributed by atoms with Gasteiger partial charge in [0.25, 0.3) is 0 Å². The molecule has 0 aromatic rings. The van der Waals surface area contributed by atoms with Crippen molar-refractivity contribution >= 4 is 17.8 Å². The smallest absolute Gasteiger partial charge is 0.401 e. The molecule has 0 spiro atoms. The molecule has 1 amide bonds. The highest BCUT2D eigenvalue weighted by Gasteiger charge is 2.27. The predicted octanol–water partition coefficient (Wildman–Crippen LogP) is -0.0374. The van der Waals surface area contributed by atoms with Crippen LogP contribution in [0.1, 0.15) is 19.3 Å². The first-order valence-electron chi connectivity index (χ1n) is 5.63. The summed E-state index contributed by atoms with van der Waals surface area (Å²) in [5, 5.41) is 21.0. The van der Waals surface area contributed by atoms with Crippen LogP contribution < -0.4 is 10.6 Å². The van der Waals surface area contributed by atoms with Gasteiger partial charge in [-0.3, -0.25) is 9.59 Å². The van der Waals surface area contributed by atoms with E-state index in [1.807, 2.05) is 10.6 Å². The van der Waals surface area contributed by atoms with Crippen LogP contribution in [-0.2, 0) is 14.4 Å². The van der Waals surface area contributed by atoms with Gasteiger partial charge in [0.1, 0.15) is 6.04 Å². The second-order valence-electron chi connectivity index (χ2n) is 3.96. The lowest BCUT2D eigenvalue weighted by molar-refractivity contribution is -0.143. The van der Waals surface area contributed by atoms with Crippen molar-refractivity contribution in [3.05, 3.63) is 0 Å². The van der Waals surface area contributed by atoms with Crippen molar-refractivity contribution in [1.82, 2.24) is 10.6 Å². The van der Waals surface area contributed by atoms with E-state index in [0.717, 1.165) is 0 Å². The second-order valence-corrected chi connectivity index (χ2v) is 3.96. The minimum Gasteiger partial charge on any atom is -0.481 e. The molecule has 0 rings (SSSR count). The number of carboxylic acids is 2. The highest BCUT2D eigenvalue weighted by molar-refractivity contribution is 5.84. The molecule has 20 heavy (non-hydrogen) atoms. The maximum Gasteiger partial charge on any atom is 0.401 e. The van der Waals surface area contributed by atoms with Gasteiger partial charge in [0.15, 0.2) is 0 Å². The van der Waals surface area contributed by atoms with Gasteiger partial charge in [0.05, 0.1) is 13.1 Å². The molecule has 0 aliphatic carbocycles. The summed E-state index contributed by atoms with van der Waals surface area (Å²) in [7, 11) is 0. The molecule has 0 aliphatic rings. The van der Waals surface area contributed by atoms with E-state index in [9.17, 15) is 27.6 Å². The highest BCUT2D eigenvalue weighted by atomic mass is 19.4. The monoisotopic (exact) mass is 300 g/mol. The van der Waals surface area contributed by atoms with E-state index in [-0.39, 0.29) is 19.3 Å². The van der Waals surface area contributed by atoms with Crippen LogP contribution >= 0.6 is 0 Å². The van der Waals surface area contributed by atoms with Crippen LogP contribution in [0.4, 0.5) is 13.2 Å². The molecule has 0 unspecified atom stereocenters. The summed E-state index contributed by atoms with van der Waals surface area (Å²) < 4.78 is 35.4. The van der Waals surface area contributed by atoms with E-state index in [2.05, 4.69) is 0 Å². The molecule has 0 radical (unpaired) electrons. The third-order valence-electron chi connectivity index (χ3n) is 2.13. The summed E-state index contributed by atoms with van der Waals surface area (Å²) in [5.41, 5.74) is 0. The fourth-order valence-electron chi connectivity index (χ4n) is 1.28. The van der Waals surface area contributed by atoms with Crippen molar-refractivity contribution in [2.45, 2.75) is 31.5 Å². The first-order chi connectivity index (χ1) is 9.11. The van der Waals surface area contributed by atoms with Gasteiger partial charge in [-0.15, -0.1) is 0 Å².